The predicted molar refractivity (Wildman–Crippen MR) is 61.9 cm³/mol. The van der Waals surface area contributed by atoms with Gasteiger partial charge in [-0.15, -0.1) is 0 Å². The van der Waals surface area contributed by atoms with E-state index in [4.69, 9.17) is 10.00 Å². The lowest BCUT2D eigenvalue weighted by molar-refractivity contribution is -0.107. The fourth-order valence-corrected chi connectivity index (χ4v) is 1.15. The highest BCUT2D eigenvalue weighted by Gasteiger charge is 1.92. The Morgan fingerprint density at radius 3 is 2.69 bits per heavy atom. The Kier molecular flexibility index (Phi) is 5.43. The molecule has 1 aromatic carbocycles. The van der Waals surface area contributed by atoms with Crippen molar-refractivity contribution in [1.82, 2.24) is 0 Å². The number of nitrogens with zero attached hydrogens (tertiary/aromatic N) is 1. The molecule has 0 spiro atoms. The van der Waals surface area contributed by atoms with Crippen LogP contribution in [0.25, 0.3) is 6.08 Å². The Morgan fingerprint density at radius 1 is 1.31 bits per heavy atom. The zero-order valence-corrected chi connectivity index (χ0v) is 8.93. The zero-order valence-electron chi connectivity index (χ0n) is 8.93. The van der Waals surface area contributed by atoms with E-state index in [2.05, 4.69) is 0 Å². The molecule has 0 unspecified atom stereocenters. The quantitative estimate of drug-likeness (QED) is 0.541. The first-order chi connectivity index (χ1) is 7.86. The summed E-state index contributed by atoms with van der Waals surface area (Å²) in [6, 6.07) is 9.52. The highest BCUT2D eigenvalue weighted by molar-refractivity contribution is 5.58. The van der Waals surface area contributed by atoms with E-state index in [0.29, 0.717) is 19.4 Å². The maximum atomic E-state index is 10.1. The minimum Gasteiger partial charge on any atom is -0.493 e. The fourth-order valence-electron chi connectivity index (χ4n) is 1.15. The monoisotopic (exact) mass is 215 g/mol. The van der Waals surface area contributed by atoms with Gasteiger partial charge in [-0.2, -0.15) is 5.26 Å². The molecule has 0 aliphatic heterocycles. The van der Waals surface area contributed by atoms with Gasteiger partial charge in [0.1, 0.15) is 18.6 Å². The third-order valence-electron chi connectivity index (χ3n) is 1.91. The van der Waals surface area contributed by atoms with Gasteiger partial charge in [-0.1, -0.05) is 24.3 Å². The summed E-state index contributed by atoms with van der Waals surface area (Å²) < 4.78 is 5.32. The molecule has 0 aliphatic carbocycles. The van der Waals surface area contributed by atoms with Crippen LogP contribution in [-0.4, -0.2) is 12.9 Å². The molecule has 0 fully saturated rings. The first-order valence-corrected chi connectivity index (χ1v) is 5.07. The highest BCUT2D eigenvalue weighted by atomic mass is 16.5. The number of carbonyl (C=O) groups is 1. The van der Waals surface area contributed by atoms with Gasteiger partial charge in [0.05, 0.1) is 12.5 Å². The van der Waals surface area contributed by atoms with Gasteiger partial charge >= 0.3 is 0 Å². The molecule has 1 aromatic rings. The minimum absolute atomic E-state index is 0.390. The van der Waals surface area contributed by atoms with Crippen molar-refractivity contribution in [2.45, 2.75) is 12.8 Å². The number of aldehydes is 1. The van der Waals surface area contributed by atoms with Crippen LogP contribution < -0.4 is 4.74 Å². The lowest BCUT2D eigenvalue weighted by Gasteiger charge is -2.03. The maximum absolute atomic E-state index is 10.1. The second-order valence-corrected chi connectivity index (χ2v) is 3.13. The van der Waals surface area contributed by atoms with Crippen LogP contribution in [0, 0.1) is 11.3 Å². The van der Waals surface area contributed by atoms with Crippen LogP contribution >= 0.6 is 0 Å². The first kappa shape index (κ1) is 12.0. The van der Waals surface area contributed by atoms with Crippen molar-refractivity contribution in [3.63, 3.8) is 0 Å². The fraction of sp³-hybridized carbons (Fsp3) is 0.231. The molecule has 0 saturated heterocycles. The third kappa shape index (κ3) is 4.43. The molecule has 0 N–H and O–H groups in total. The molecule has 0 aliphatic rings. The van der Waals surface area contributed by atoms with Crippen LogP contribution in [0.2, 0.25) is 0 Å². The summed E-state index contributed by atoms with van der Waals surface area (Å²) >= 11 is 0. The summed E-state index contributed by atoms with van der Waals surface area (Å²) in [7, 11) is 0. The largest absolute Gasteiger partial charge is 0.493 e. The zero-order chi connectivity index (χ0) is 11.6. The smallest absolute Gasteiger partial charge is 0.123 e. The van der Waals surface area contributed by atoms with Gasteiger partial charge in [-0.3, -0.25) is 0 Å². The summed E-state index contributed by atoms with van der Waals surface area (Å²) in [6.45, 7) is 0.414. The number of allylic oxidation sites excluding steroid dienone is 1. The van der Waals surface area contributed by atoms with Crippen molar-refractivity contribution in [3.05, 3.63) is 35.9 Å². The summed E-state index contributed by atoms with van der Waals surface area (Å²) in [5.41, 5.74) is 1.02. The molecular weight excluding hydrogens is 202 g/mol. The van der Waals surface area contributed by atoms with E-state index in [-0.39, 0.29) is 0 Å². The molecule has 0 saturated carbocycles. The molecule has 0 heterocycles. The molecule has 0 aromatic heterocycles. The lowest BCUT2D eigenvalue weighted by Crippen LogP contribution is -1.95. The number of ether oxygens (including phenoxy) is 1. The SMILES string of the molecule is N#CCCOc1ccc(C=CCC=O)cc1. The average molecular weight is 215 g/mol. The van der Waals surface area contributed by atoms with Gasteiger partial charge in [0.15, 0.2) is 0 Å². The Bertz CT molecular complexity index is 387. The summed E-state index contributed by atoms with van der Waals surface area (Å²) in [5.74, 6) is 0.753. The second-order valence-electron chi connectivity index (χ2n) is 3.13. The second kappa shape index (κ2) is 7.24. The van der Waals surface area contributed by atoms with E-state index >= 15 is 0 Å². The predicted octanol–water partition coefficient (Wildman–Crippen LogP) is 2.58. The van der Waals surface area contributed by atoms with Crippen molar-refractivity contribution < 1.29 is 9.53 Å². The topological polar surface area (TPSA) is 50.1 Å². The Hall–Kier alpha value is -2.08. The van der Waals surface area contributed by atoms with Crippen LogP contribution in [0.15, 0.2) is 30.3 Å². The van der Waals surface area contributed by atoms with Gasteiger partial charge in [0.25, 0.3) is 0 Å². The summed E-state index contributed by atoms with van der Waals surface area (Å²) in [6.07, 6.45) is 5.36. The van der Waals surface area contributed by atoms with Crippen LogP contribution in [0.1, 0.15) is 18.4 Å². The Morgan fingerprint density at radius 2 is 2.06 bits per heavy atom. The van der Waals surface area contributed by atoms with Gasteiger partial charge in [0, 0.05) is 6.42 Å². The molecule has 3 heteroatoms. The van der Waals surface area contributed by atoms with E-state index < -0.39 is 0 Å². The molecule has 16 heavy (non-hydrogen) atoms. The number of hydrogen-bond acceptors (Lipinski definition) is 3. The van der Waals surface area contributed by atoms with Crippen LogP contribution in [0.3, 0.4) is 0 Å². The van der Waals surface area contributed by atoms with Crippen LogP contribution in [0.5, 0.6) is 5.75 Å². The minimum atomic E-state index is 0.390. The van der Waals surface area contributed by atoms with Gasteiger partial charge < -0.3 is 9.53 Å². The van der Waals surface area contributed by atoms with Crippen molar-refractivity contribution >= 4 is 12.4 Å². The van der Waals surface area contributed by atoms with Crippen molar-refractivity contribution in [2.75, 3.05) is 6.61 Å². The average Bonchev–Trinajstić information content (AvgIpc) is 2.32. The number of rotatable bonds is 6. The van der Waals surface area contributed by atoms with E-state index in [1.54, 1.807) is 6.08 Å². The molecule has 82 valence electrons. The Balaban J connectivity index is 2.48. The van der Waals surface area contributed by atoms with Crippen molar-refractivity contribution in [2.24, 2.45) is 0 Å². The standard InChI is InChI=1S/C13H13NO2/c14-9-3-11-16-13-7-5-12(6-8-13)4-1-2-10-15/h1,4-8,10H,2-3,11H2. The maximum Gasteiger partial charge on any atom is 0.123 e. The van der Waals surface area contributed by atoms with Gasteiger partial charge in [0.2, 0.25) is 0 Å². The van der Waals surface area contributed by atoms with E-state index in [0.717, 1.165) is 17.6 Å². The lowest BCUT2D eigenvalue weighted by atomic mass is 10.2. The molecule has 0 amide bonds. The van der Waals surface area contributed by atoms with Gasteiger partial charge in [-0.05, 0) is 17.7 Å². The molecule has 0 atom stereocenters. The summed E-state index contributed by atoms with van der Waals surface area (Å²) in [5, 5.41) is 8.34. The molecule has 1 rings (SSSR count). The number of carbonyl (C=O) groups excluding carboxylic acids is 1. The van der Waals surface area contributed by atoms with Crippen LogP contribution in [0.4, 0.5) is 0 Å². The number of nitriles is 1. The van der Waals surface area contributed by atoms with Crippen molar-refractivity contribution in [1.29, 1.82) is 5.26 Å². The number of hydrogen-bond donors (Lipinski definition) is 0. The highest BCUT2D eigenvalue weighted by Crippen LogP contribution is 2.13. The molecule has 0 radical (unpaired) electrons. The van der Waals surface area contributed by atoms with Crippen LogP contribution in [-0.2, 0) is 4.79 Å². The van der Waals surface area contributed by atoms with E-state index in [1.165, 1.54) is 0 Å². The van der Waals surface area contributed by atoms with E-state index in [1.807, 2.05) is 36.4 Å². The molecule has 0 bridgehead atoms. The summed E-state index contributed by atoms with van der Waals surface area (Å²) in [4.78, 5) is 10.1. The third-order valence-corrected chi connectivity index (χ3v) is 1.91. The van der Waals surface area contributed by atoms with Gasteiger partial charge in [-0.25, -0.2) is 0 Å². The van der Waals surface area contributed by atoms with Crippen molar-refractivity contribution in [3.8, 4) is 11.8 Å². The first-order valence-electron chi connectivity index (χ1n) is 5.07. The normalized spacial score (nSPS) is 9.94. The molecule has 3 nitrogen and oxygen atoms in total. The van der Waals surface area contributed by atoms with E-state index in [9.17, 15) is 4.79 Å². The Labute approximate surface area is 95.0 Å². The number of benzene rings is 1. The molecular formula is C13H13NO2.